The van der Waals surface area contributed by atoms with Gasteiger partial charge in [0.1, 0.15) is 5.65 Å². The Morgan fingerprint density at radius 3 is 2.88 bits per heavy atom. The average Bonchev–Trinajstić information content (AvgIpc) is 3.05. The van der Waals surface area contributed by atoms with Gasteiger partial charge in [-0.1, -0.05) is 12.1 Å². The van der Waals surface area contributed by atoms with Crippen molar-refractivity contribution in [3.8, 4) is 17.2 Å². The Morgan fingerprint density at radius 2 is 2.08 bits per heavy atom. The van der Waals surface area contributed by atoms with Crippen molar-refractivity contribution in [1.29, 1.82) is 5.26 Å². The SMILES string of the molecule is N#Cc1cccc(-c2c[nH]c3nccc(N4C[C@H]5C[C@@H](C4)O5)c23)c1. The average molecular weight is 316 g/mol. The molecule has 0 unspecified atom stereocenters. The normalized spacial score (nSPS) is 22.2. The first-order chi connectivity index (χ1) is 11.8. The molecule has 2 bridgehead atoms. The molecule has 3 fully saturated rings. The van der Waals surface area contributed by atoms with Gasteiger partial charge < -0.3 is 14.6 Å². The maximum atomic E-state index is 9.17. The Labute approximate surface area is 139 Å². The summed E-state index contributed by atoms with van der Waals surface area (Å²) in [6.07, 6.45) is 5.73. The highest BCUT2D eigenvalue weighted by molar-refractivity contribution is 6.02. The molecule has 0 radical (unpaired) electrons. The van der Waals surface area contributed by atoms with Crippen molar-refractivity contribution >= 4 is 16.7 Å². The first-order valence-corrected chi connectivity index (χ1v) is 8.19. The number of piperidine rings is 1. The van der Waals surface area contributed by atoms with E-state index in [4.69, 9.17) is 4.74 Å². The largest absolute Gasteiger partial charge is 0.371 e. The summed E-state index contributed by atoms with van der Waals surface area (Å²) in [5.41, 5.74) is 4.86. The zero-order valence-corrected chi connectivity index (χ0v) is 13.1. The number of morpholine rings is 1. The first kappa shape index (κ1) is 13.6. The Balaban J connectivity index is 1.66. The summed E-state index contributed by atoms with van der Waals surface area (Å²) in [5, 5.41) is 10.3. The van der Waals surface area contributed by atoms with Crippen LogP contribution in [0.5, 0.6) is 0 Å². The molecule has 3 aliphatic heterocycles. The molecule has 3 aromatic rings. The van der Waals surface area contributed by atoms with Crippen molar-refractivity contribution in [2.45, 2.75) is 18.6 Å². The van der Waals surface area contributed by atoms with Gasteiger partial charge in [0.15, 0.2) is 0 Å². The lowest BCUT2D eigenvalue weighted by atomic mass is 9.97. The second kappa shape index (κ2) is 5.08. The van der Waals surface area contributed by atoms with Crippen LogP contribution in [-0.2, 0) is 4.74 Å². The van der Waals surface area contributed by atoms with Crippen LogP contribution in [0.1, 0.15) is 12.0 Å². The number of ether oxygens (including phenoxy) is 1. The third-order valence-electron chi connectivity index (χ3n) is 4.95. The van der Waals surface area contributed by atoms with Crippen LogP contribution in [0.3, 0.4) is 0 Å². The van der Waals surface area contributed by atoms with Crippen LogP contribution in [-0.4, -0.2) is 35.3 Å². The predicted molar refractivity (Wildman–Crippen MR) is 91.7 cm³/mol. The summed E-state index contributed by atoms with van der Waals surface area (Å²) in [6.45, 7) is 1.86. The van der Waals surface area contributed by atoms with Gasteiger partial charge in [-0.05, 0) is 23.8 Å². The number of nitriles is 1. The smallest absolute Gasteiger partial charge is 0.139 e. The molecular weight excluding hydrogens is 300 g/mol. The molecule has 2 atom stereocenters. The van der Waals surface area contributed by atoms with E-state index < -0.39 is 0 Å². The number of nitrogens with zero attached hydrogens (tertiary/aromatic N) is 3. The lowest BCUT2D eigenvalue weighted by Crippen LogP contribution is -2.57. The highest BCUT2D eigenvalue weighted by atomic mass is 16.5. The van der Waals surface area contributed by atoms with Gasteiger partial charge in [0.2, 0.25) is 0 Å². The van der Waals surface area contributed by atoms with E-state index in [1.165, 1.54) is 12.1 Å². The quantitative estimate of drug-likeness (QED) is 0.789. The summed E-state index contributed by atoms with van der Waals surface area (Å²) < 4.78 is 5.76. The molecule has 0 amide bonds. The van der Waals surface area contributed by atoms with Crippen LogP contribution >= 0.6 is 0 Å². The van der Waals surface area contributed by atoms with E-state index >= 15 is 0 Å². The zero-order chi connectivity index (χ0) is 16.1. The van der Waals surface area contributed by atoms with Crippen molar-refractivity contribution in [1.82, 2.24) is 9.97 Å². The van der Waals surface area contributed by atoms with Crippen molar-refractivity contribution in [2.24, 2.45) is 0 Å². The molecule has 24 heavy (non-hydrogen) atoms. The highest BCUT2D eigenvalue weighted by Gasteiger charge is 2.38. The third-order valence-corrected chi connectivity index (χ3v) is 4.95. The van der Waals surface area contributed by atoms with Crippen molar-refractivity contribution in [3.63, 3.8) is 0 Å². The summed E-state index contributed by atoms with van der Waals surface area (Å²) in [6, 6.07) is 12.0. The lowest BCUT2D eigenvalue weighted by Gasteiger charge is -2.48. The number of anilines is 1. The molecule has 5 heteroatoms. The molecule has 118 valence electrons. The number of rotatable bonds is 2. The summed E-state index contributed by atoms with van der Waals surface area (Å²) in [7, 11) is 0. The number of aromatic amines is 1. The number of aromatic nitrogens is 2. The minimum atomic E-state index is 0.358. The lowest BCUT2D eigenvalue weighted by molar-refractivity contribution is -0.133. The maximum absolute atomic E-state index is 9.17. The van der Waals surface area contributed by atoms with Gasteiger partial charge in [0, 0.05) is 42.9 Å². The zero-order valence-electron chi connectivity index (χ0n) is 13.1. The molecule has 3 saturated heterocycles. The fourth-order valence-electron chi connectivity index (χ4n) is 3.84. The van der Waals surface area contributed by atoms with Crippen molar-refractivity contribution < 1.29 is 4.74 Å². The molecule has 0 saturated carbocycles. The number of H-pyrrole nitrogens is 1. The van der Waals surface area contributed by atoms with Crippen LogP contribution < -0.4 is 4.90 Å². The van der Waals surface area contributed by atoms with Crippen LogP contribution in [0.25, 0.3) is 22.2 Å². The molecule has 2 aromatic heterocycles. The van der Waals surface area contributed by atoms with Crippen LogP contribution in [0, 0.1) is 11.3 Å². The minimum absolute atomic E-state index is 0.358. The van der Waals surface area contributed by atoms with Crippen LogP contribution in [0.4, 0.5) is 5.69 Å². The molecule has 0 aliphatic carbocycles. The highest BCUT2D eigenvalue weighted by Crippen LogP contribution is 2.38. The van der Waals surface area contributed by atoms with Crippen molar-refractivity contribution in [3.05, 3.63) is 48.3 Å². The number of benzene rings is 1. The van der Waals surface area contributed by atoms with E-state index in [0.29, 0.717) is 17.8 Å². The standard InChI is InChI=1S/C19H16N4O/c20-8-12-2-1-3-13(6-12)16-9-22-19-18(16)17(4-5-21-19)23-10-14-7-15(11-23)24-14/h1-6,9,14-15H,7,10-11H2,(H,21,22)/t14-,15+. The van der Waals surface area contributed by atoms with E-state index in [2.05, 4.69) is 27.0 Å². The van der Waals surface area contributed by atoms with E-state index in [0.717, 1.165) is 35.2 Å². The first-order valence-electron chi connectivity index (χ1n) is 8.19. The van der Waals surface area contributed by atoms with Crippen molar-refractivity contribution in [2.75, 3.05) is 18.0 Å². The summed E-state index contributed by atoms with van der Waals surface area (Å²) >= 11 is 0. The van der Waals surface area contributed by atoms with E-state index in [-0.39, 0.29) is 0 Å². The van der Waals surface area contributed by atoms with Crippen LogP contribution in [0.2, 0.25) is 0 Å². The maximum Gasteiger partial charge on any atom is 0.139 e. The second-order valence-electron chi connectivity index (χ2n) is 6.47. The summed E-state index contributed by atoms with van der Waals surface area (Å²) in [5.74, 6) is 0. The summed E-state index contributed by atoms with van der Waals surface area (Å²) in [4.78, 5) is 10.2. The van der Waals surface area contributed by atoms with E-state index in [9.17, 15) is 5.26 Å². The van der Waals surface area contributed by atoms with Gasteiger partial charge in [0.25, 0.3) is 0 Å². The Kier molecular flexibility index (Phi) is 2.88. The Morgan fingerprint density at radius 1 is 1.25 bits per heavy atom. The molecule has 1 N–H and O–H groups in total. The number of pyridine rings is 1. The fourth-order valence-corrected chi connectivity index (χ4v) is 3.84. The van der Waals surface area contributed by atoms with Crippen LogP contribution in [0.15, 0.2) is 42.7 Å². The van der Waals surface area contributed by atoms with Gasteiger partial charge in [-0.25, -0.2) is 4.98 Å². The number of hydrogen-bond acceptors (Lipinski definition) is 4. The molecule has 5 nitrogen and oxygen atoms in total. The topological polar surface area (TPSA) is 64.9 Å². The minimum Gasteiger partial charge on any atom is -0.371 e. The Bertz CT molecular complexity index is 955. The number of fused-ring (bicyclic) bond motifs is 3. The molecule has 1 aromatic carbocycles. The Hall–Kier alpha value is -2.84. The second-order valence-corrected chi connectivity index (χ2v) is 6.47. The van der Waals surface area contributed by atoms with E-state index in [1.54, 1.807) is 0 Å². The van der Waals surface area contributed by atoms with Gasteiger partial charge in [-0.15, -0.1) is 0 Å². The molecule has 5 heterocycles. The van der Waals surface area contributed by atoms with Gasteiger partial charge in [0.05, 0.1) is 29.5 Å². The number of hydrogen-bond donors (Lipinski definition) is 1. The molecule has 6 rings (SSSR count). The third kappa shape index (κ3) is 2.00. The fraction of sp³-hybridized carbons (Fsp3) is 0.263. The van der Waals surface area contributed by atoms with E-state index in [1.807, 2.05) is 36.7 Å². The molecule has 3 aliphatic rings. The number of nitrogens with one attached hydrogen (secondary N) is 1. The molecule has 0 spiro atoms. The van der Waals surface area contributed by atoms with Gasteiger partial charge >= 0.3 is 0 Å². The predicted octanol–water partition coefficient (Wildman–Crippen LogP) is 3.08. The van der Waals surface area contributed by atoms with Gasteiger partial charge in [-0.2, -0.15) is 5.26 Å². The molecular formula is C19H16N4O. The monoisotopic (exact) mass is 316 g/mol. The van der Waals surface area contributed by atoms with Gasteiger partial charge in [-0.3, -0.25) is 0 Å².